The van der Waals surface area contributed by atoms with Crippen molar-refractivity contribution in [1.82, 2.24) is 0 Å². The molecule has 2 N–H and O–H groups in total. The van der Waals surface area contributed by atoms with E-state index >= 15 is 0 Å². The van der Waals surface area contributed by atoms with Gasteiger partial charge in [-0.15, -0.1) is 0 Å². The fourth-order valence-corrected chi connectivity index (χ4v) is 1.94. The monoisotopic (exact) mass is 217 g/mol. The van der Waals surface area contributed by atoms with E-state index in [1.54, 1.807) is 0 Å². The predicted octanol–water partition coefficient (Wildman–Crippen LogP) is 2.73. The van der Waals surface area contributed by atoms with E-state index in [0.717, 1.165) is 5.56 Å². The number of carbonyl (C=O) groups is 1. The molecule has 1 rings (SSSR count). The minimum absolute atomic E-state index is 0.408. The first-order valence-corrected chi connectivity index (χ1v) is 5.40. The zero-order chi connectivity index (χ0) is 12.5. The fraction of sp³-hybridized carbons (Fsp3) is 0.357. The molecule has 2 heteroatoms. The van der Waals surface area contributed by atoms with E-state index in [1.165, 1.54) is 33.9 Å². The van der Waals surface area contributed by atoms with Crippen molar-refractivity contribution in [3.05, 3.63) is 39.5 Å². The Morgan fingerprint density at radius 3 is 1.62 bits per heavy atom. The molecule has 0 saturated heterocycles. The summed E-state index contributed by atoms with van der Waals surface area (Å²) in [5.41, 5.74) is 12.6. The highest BCUT2D eigenvalue weighted by Gasteiger charge is 2.09. The Bertz CT molecular complexity index is 441. The summed E-state index contributed by atoms with van der Waals surface area (Å²) in [6.45, 7) is 10.5. The first-order valence-electron chi connectivity index (χ1n) is 5.40. The van der Waals surface area contributed by atoms with Gasteiger partial charge < -0.3 is 5.73 Å². The molecule has 0 saturated carbocycles. The lowest BCUT2D eigenvalue weighted by Crippen LogP contribution is -2.06. The Kier molecular flexibility index (Phi) is 3.53. The van der Waals surface area contributed by atoms with E-state index in [0.29, 0.717) is 0 Å². The van der Waals surface area contributed by atoms with Crippen LogP contribution in [0.4, 0.5) is 0 Å². The zero-order valence-corrected chi connectivity index (χ0v) is 10.6. The van der Waals surface area contributed by atoms with Gasteiger partial charge in [-0.2, -0.15) is 0 Å². The Morgan fingerprint density at radius 2 is 1.25 bits per heavy atom. The number of carbonyl (C=O) groups excluding carboxylic acids is 1. The fourth-order valence-electron chi connectivity index (χ4n) is 1.94. The van der Waals surface area contributed by atoms with Crippen LogP contribution in [0.1, 0.15) is 33.4 Å². The molecule has 0 atom stereocenters. The highest BCUT2D eigenvalue weighted by molar-refractivity contribution is 5.90. The standard InChI is InChI=1S/C14H19NO/c1-8-9(2)11(4)13(6-7-14(15)16)12(5)10(8)3/h6-7H,1-5H3,(H2,15,16)/b7-6-. The van der Waals surface area contributed by atoms with Crippen molar-refractivity contribution >= 4 is 12.0 Å². The van der Waals surface area contributed by atoms with Crippen molar-refractivity contribution < 1.29 is 4.79 Å². The number of amides is 1. The normalized spacial score (nSPS) is 11.1. The molecule has 2 nitrogen and oxygen atoms in total. The van der Waals surface area contributed by atoms with Crippen molar-refractivity contribution in [3.8, 4) is 0 Å². The lowest BCUT2D eigenvalue weighted by molar-refractivity contribution is -0.113. The van der Waals surface area contributed by atoms with E-state index in [-0.39, 0.29) is 0 Å². The summed E-state index contributed by atoms with van der Waals surface area (Å²) in [6.07, 6.45) is 3.23. The maximum absolute atomic E-state index is 10.8. The SMILES string of the molecule is Cc1c(C)c(C)c(/C=C\C(N)=O)c(C)c1C. The maximum atomic E-state index is 10.8. The van der Waals surface area contributed by atoms with Crippen LogP contribution in [0.2, 0.25) is 0 Å². The Labute approximate surface area is 97.2 Å². The molecule has 0 aromatic heterocycles. The number of rotatable bonds is 2. The second kappa shape index (κ2) is 4.52. The minimum atomic E-state index is -0.408. The Morgan fingerprint density at radius 1 is 0.875 bits per heavy atom. The van der Waals surface area contributed by atoms with Crippen LogP contribution < -0.4 is 5.73 Å². The number of hydrogen-bond donors (Lipinski definition) is 1. The molecular formula is C14H19NO. The maximum Gasteiger partial charge on any atom is 0.241 e. The summed E-state index contributed by atoms with van der Waals surface area (Å²) in [4.78, 5) is 10.8. The smallest absolute Gasteiger partial charge is 0.241 e. The third kappa shape index (κ3) is 2.16. The second-order valence-corrected chi connectivity index (χ2v) is 4.27. The van der Waals surface area contributed by atoms with Gasteiger partial charge in [0.1, 0.15) is 0 Å². The van der Waals surface area contributed by atoms with Gasteiger partial charge in [-0.05, 0) is 74.1 Å². The third-order valence-electron chi connectivity index (χ3n) is 3.47. The van der Waals surface area contributed by atoms with Gasteiger partial charge in [0.2, 0.25) is 5.91 Å². The second-order valence-electron chi connectivity index (χ2n) is 4.27. The minimum Gasteiger partial charge on any atom is -0.366 e. The van der Waals surface area contributed by atoms with Crippen molar-refractivity contribution in [1.29, 1.82) is 0 Å². The van der Waals surface area contributed by atoms with E-state index in [4.69, 9.17) is 5.73 Å². The quantitative estimate of drug-likeness (QED) is 0.760. The van der Waals surface area contributed by atoms with Crippen molar-refractivity contribution in [2.24, 2.45) is 5.73 Å². The molecule has 0 unspecified atom stereocenters. The van der Waals surface area contributed by atoms with Gasteiger partial charge in [0, 0.05) is 6.08 Å². The summed E-state index contributed by atoms with van der Waals surface area (Å²) in [6, 6.07) is 0. The van der Waals surface area contributed by atoms with Crippen LogP contribution in [-0.4, -0.2) is 5.91 Å². The molecule has 1 aromatic rings. The summed E-state index contributed by atoms with van der Waals surface area (Å²) in [5, 5.41) is 0. The molecule has 0 spiro atoms. The molecule has 0 fully saturated rings. The molecule has 0 aliphatic heterocycles. The van der Waals surface area contributed by atoms with Crippen LogP contribution in [0.3, 0.4) is 0 Å². The zero-order valence-electron chi connectivity index (χ0n) is 10.6. The van der Waals surface area contributed by atoms with E-state index < -0.39 is 5.91 Å². The number of nitrogens with two attached hydrogens (primary N) is 1. The first kappa shape index (κ1) is 12.5. The van der Waals surface area contributed by atoms with Crippen LogP contribution in [0.25, 0.3) is 6.08 Å². The van der Waals surface area contributed by atoms with Crippen molar-refractivity contribution in [3.63, 3.8) is 0 Å². The summed E-state index contributed by atoms with van der Waals surface area (Å²) >= 11 is 0. The average molecular weight is 217 g/mol. The largest absolute Gasteiger partial charge is 0.366 e. The first-order chi connectivity index (χ1) is 7.36. The Balaban J connectivity index is 3.45. The van der Waals surface area contributed by atoms with Gasteiger partial charge in [0.15, 0.2) is 0 Å². The van der Waals surface area contributed by atoms with Gasteiger partial charge in [-0.3, -0.25) is 4.79 Å². The van der Waals surface area contributed by atoms with E-state index in [2.05, 4.69) is 34.6 Å². The predicted molar refractivity (Wildman–Crippen MR) is 68.4 cm³/mol. The van der Waals surface area contributed by atoms with Crippen LogP contribution in [0, 0.1) is 34.6 Å². The number of hydrogen-bond acceptors (Lipinski definition) is 1. The lowest BCUT2D eigenvalue weighted by atomic mass is 9.89. The molecular weight excluding hydrogens is 198 g/mol. The molecule has 0 aliphatic carbocycles. The number of benzene rings is 1. The third-order valence-corrected chi connectivity index (χ3v) is 3.47. The molecule has 0 bridgehead atoms. The van der Waals surface area contributed by atoms with Crippen LogP contribution in [0.15, 0.2) is 6.08 Å². The summed E-state index contributed by atoms with van der Waals surface area (Å²) in [5.74, 6) is -0.408. The van der Waals surface area contributed by atoms with Gasteiger partial charge in [-0.25, -0.2) is 0 Å². The lowest BCUT2D eigenvalue weighted by Gasteiger charge is -2.16. The molecule has 0 radical (unpaired) electrons. The number of primary amides is 1. The topological polar surface area (TPSA) is 43.1 Å². The van der Waals surface area contributed by atoms with Crippen LogP contribution >= 0.6 is 0 Å². The Hall–Kier alpha value is -1.57. The van der Waals surface area contributed by atoms with Crippen LogP contribution in [-0.2, 0) is 4.79 Å². The molecule has 0 aliphatic rings. The molecule has 16 heavy (non-hydrogen) atoms. The molecule has 0 heterocycles. The van der Waals surface area contributed by atoms with Crippen molar-refractivity contribution in [2.45, 2.75) is 34.6 Å². The van der Waals surface area contributed by atoms with Gasteiger partial charge in [0.25, 0.3) is 0 Å². The summed E-state index contributed by atoms with van der Waals surface area (Å²) in [7, 11) is 0. The highest BCUT2D eigenvalue weighted by atomic mass is 16.1. The van der Waals surface area contributed by atoms with Gasteiger partial charge >= 0.3 is 0 Å². The highest BCUT2D eigenvalue weighted by Crippen LogP contribution is 2.26. The summed E-state index contributed by atoms with van der Waals surface area (Å²) < 4.78 is 0. The molecule has 86 valence electrons. The van der Waals surface area contributed by atoms with E-state index in [1.807, 2.05) is 6.08 Å². The average Bonchev–Trinajstić information content (AvgIpc) is 2.23. The van der Waals surface area contributed by atoms with Gasteiger partial charge in [0.05, 0.1) is 0 Å². The van der Waals surface area contributed by atoms with Crippen LogP contribution in [0.5, 0.6) is 0 Å². The van der Waals surface area contributed by atoms with E-state index in [9.17, 15) is 4.79 Å². The van der Waals surface area contributed by atoms with Crippen molar-refractivity contribution in [2.75, 3.05) is 0 Å². The molecule has 1 amide bonds. The van der Waals surface area contributed by atoms with Gasteiger partial charge in [-0.1, -0.05) is 0 Å². The molecule has 1 aromatic carbocycles.